The van der Waals surface area contributed by atoms with E-state index in [1.807, 2.05) is 6.07 Å². The van der Waals surface area contributed by atoms with Crippen LogP contribution in [0.5, 0.6) is 0 Å². The summed E-state index contributed by atoms with van der Waals surface area (Å²) in [5.74, 6) is 0.590. The maximum absolute atomic E-state index is 13.2. The van der Waals surface area contributed by atoms with Crippen LogP contribution in [0.2, 0.25) is 0 Å². The van der Waals surface area contributed by atoms with Crippen molar-refractivity contribution in [3.05, 3.63) is 71.0 Å². The molecule has 1 saturated carbocycles. The van der Waals surface area contributed by atoms with Gasteiger partial charge in [-0.25, -0.2) is 4.39 Å². The molecule has 2 heteroatoms. The van der Waals surface area contributed by atoms with Crippen molar-refractivity contribution in [3.8, 4) is 0 Å². The molecular formula is C18H20FN. The van der Waals surface area contributed by atoms with Crippen molar-refractivity contribution in [2.24, 2.45) is 0 Å². The minimum atomic E-state index is -0.172. The molecule has 1 aliphatic rings. The van der Waals surface area contributed by atoms with Gasteiger partial charge in [-0.1, -0.05) is 36.4 Å². The van der Waals surface area contributed by atoms with E-state index < -0.39 is 0 Å². The van der Waals surface area contributed by atoms with Gasteiger partial charge in [-0.05, 0) is 54.5 Å². The molecule has 0 aromatic heterocycles. The minimum Gasteiger partial charge on any atom is -0.306 e. The molecule has 3 rings (SSSR count). The lowest BCUT2D eigenvalue weighted by Crippen LogP contribution is -2.19. The maximum atomic E-state index is 13.2. The fourth-order valence-corrected chi connectivity index (χ4v) is 2.64. The van der Waals surface area contributed by atoms with Gasteiger partial charge in [0.25, 0.3) is 0 Å². The second-order valence-corrected chi connectivity index (χ2v) is 5.63. The van der Waals surface area contributed by atoms with Gasteiger partial charge in [-0.2, -0.15) is 0 Å². The van der Waals surface area contributed by atoms with Gasteiger partial charge in [0.05, 0.1) is 0 Å². The van der Waals surface area contributed by atoms with Gasteiger partial charge in [0.1, 0.15) is 5.82 Å². The van der Waals surface area contributed by atoms with Crippen molar-refractivity contribution in [2.75, 3.05) is 0 Å². The zero-order valence-corrected chi connectivity index (χ0v) is 11.8. The van der Waals surface area contributed by atoms with Gasteiger partial charge < -0.3 is 5.32 Å². The van der Waals surface area contributed by atoms with Crippen LogP contribution in [0.3, 0.4) is 0 Å². The van der Waals surface area contributed by atoms with E-state index in [-0.39, 0.29) is 11.9 Å². The van der Waals surface area contributed by atoms with Gasteiger partial charge in [0.15, 0.2) is 0 Å². The molecule has 0 heterocycles. The molecule has 2 aromatic rings. The summed E-state index contributed by atoms with van der Waals surface area (Å²) in [6, 6.07) is 15.6. The Hall–Kier alpha value is -1.67. The third-order valence-electron chi connectivity index (χ3n) is 4.02. The van der Waals surface area contributed by atoms with Crippen LogP contribution in [0.1, 0.15) is 48.4 Å². The molecule has 2 aromatic carbocycles. The monoisotopic (exact) mass is 269 g/mol. The van der Waals surface area contributed by atoms with Gasteiger partial charge in [-0.3, -0.25) is 0 Å². The molecule has 1 atom stereocenters. The summed E-state index contributed by atoms with van der Waals surface area (Å²) in [7, 11) is 0. The lowest BCUT2D eigenvalue weighted by Gasteiger charge is -2.16. The number of halogens is 1. The summed E-state index contributed by atoms with van der Waals surface area (Å²) in [6.07, 6.45) is 2.63. The lowest BCUT2D eigenvalue weighted by molar-refractivity contribution is 0.563. The van der Waals surface area contributed by atoms with Crippen molar-refractivity contribution < 1.29 is 4.39 Å². The normalized spacial score (nSPS) is 16.1. The number of nitrogens with one attached hydrogen (secondary N) is 1. The van der Waals surface area contributed by atoms with Crippen molar-refractivity contribution >= 4 is 0 Å². The van der Waals surface area contributed by atoms with E-state index in [0.717, 1.165) is 18.0 Å². The Morgan fingerprint density at radius 3 is 2.70 bits per heavy atom. The Morgan fingerprint density at radius 1 is 1.15 bits per heavy atom. The Morgan fingerprint density at radius 2 is 1.95 bits per heavy atom. The Labute approximate surface area is 119 Å². The van der Waals surface area contributed by atoms with Crippen LogP contribution < -0.4 is 5.32 Å². The highest BCUT2D eigenvalue weighted by Crippen LogP contribution is 2.41. The van der Waals surface area contributed by atoms with Crippen molar-refractivity contribution in [2.45, 2.75) is 38.3 Å². The molecule has 1 nitrogen and oxygen atoms in total. The largest absolute Gasteiger partial charge is 0.306 e. The smallest absolute Gasteiger partial charge is 0.123 e. The fourth-order valence-electron chi connectivity index (χ4n) is 2.64. The Balaban J connectivity index is 1.67. The van der Waals surface area contributed by atoms with Crippen LogP contribution in [0.15, 0.2) is 48.5 Å². The maximum Gasteiger partial charge on any atom is 0.123 e. The van der Waals surface area contributed by atoms with Crippen LogP contribution in [0.4, 0.5) is 4.39 Å². The molecule has 1 fully saturated rings. The topological polar surface area (TPSA) is 12.0 Å². The molecule has 0 unspecified atom stereocenters. The zero-order chi connectivity index (χ0) is 13.9. The van der Waals surface area contributed by atoms with E-state index in [1.165, 1.54) is 30.0 Å². The third-order valence-corrected chi connectivity index (χ3v) is 4.02. The first-order valence-electron chi connectivity index (χ1n) is 7.30. The van der Waals surface area contributed by atoms with Crippen LogP contribution in [-0.2, 0) is 6.54 Å². The summed E-state index contributed by atoms with van der Waals surface area (Å²) >= 11 is 0. The van der Waals surface area contributed by atoms with E-state index in [4.69, 9.17) is 0 Å². The summed E-state index contributed by atoms with van der Waals surface area (Å²) in [6.45, 7) is 2.92. The van der Waals surface area contributed by atoms with Crippen molar-refractivity contribution in [1.82, 2.24) is 5.32 Å². The van der Waals surface area contributed by atoms with E-state index in [2.05, 4.69) is 36.5 Å². The highest BCUT2D eigenvalue weighted by atomic mass is 19.1. The summed E-state index contributed by atoms with van der Waals surface area (Å²) < 4.78 is 13.2. The second-order valence-electron chi connectivity index (χ2n) is 5.63. The van der Waals surface area contributed by atoms with Crippen molar-refractivity contribution in [1.29, 1.82) is 0 Å². The molecule has 0 aliphatic heterocycles. The third kappa shape index (κ3) is 3.07. The molecule has 0 bridgehead atoms. The first-order chi connectivity index (χ1) is 9.74. The van der Waals surface area contributed by atoms with E-state index in [0.29, 0.717) is 0 Å². The van der Waals surface area contributed by atoms with Crippen LogP contribution in [-0.4, -0.2) is 0 Å². The first kappa shape index (κ1) is 13.3. The van der Waals surface area contributed by atoms with Crippen molar-refractivity contribution in [3.63, 3.8) is 0 Å². The summed E-state index contributed by atoms with van der Waals surface area (Å²) in [5, 5.41) is 3.50. The minimum absolute atomic E-state index is 0.151. The number of benzene rings is 2. The summed E-state index contributed by atoms with van der Waals surface area (Å²) in [5.41, 5.74) is 3.85. The predicted molar refractivity (Wildman–Crippen MR) is 80.1 cm³/mol. The second kappa shape index (κ2) is 5.76. The van der Waals surface area contributed by atoms with Crippen LogP contribution in [0, 0.1) is 5.82 Å². The van der Waals surface area contributed by atoms with Crippen LogP contribution >= 0.6 is 0 Å². The molecule has 1 N–H and O–H groups in total. The SMILES string of the molecule is C[C@@H](NCc1ccccc1C1CC1)c1cccc(F)c1. The molecule has 0 saturated heterocycles. The lowest BCUT2D eigenvalue weighted by atomic mass is 10.0. The van der Waals surface area contributed by atoms with Gasteiger partial charge >= 0.3 is 0 Å². The van der Waals surface area contributed by atoms with Gasteiger partial charge in [0.2, 0.25) is 0 Å². The zero-order valence-electron chi connectivity index (χ0n) is 11.8. The number of hydrogen-bond acceptors (Lipinski definition) is 1. The average Bonchev–Trinajstić information content (AvgIpc) is 3.29. The number of rotatable bonds is 5. The first-order valence-corrected chi connectivity index (χ1v) is 7.30. The summed E-state index contributed by atoms with van der Waals surface area (Å²) in [4.78, 5) is 0. The predicted octanol–water partition coefficient (Wildman–Crippen LogP) is 4.55. The molecule has 0 radical (unpaired) electrons. The highest BCUT2D eigenvalue weighted by molar-refractivity contribution is 5.33. The molecule has 104 valence electrons. The Bertz CT molecular complexity index is 589. The molecular weight excluding hydrogens is 249 g/mol. The van der Waals surface area contributed by atoms with E-state index in [9.17, 15) is 4.39 Å². The highest BCUT2D eigenvalue weighted by Gasteiger charge is 2.25. The molecule has 0 spiro atoms. The van der Waals surface area contributed by atoms with Crippen LogP contribution in [0.25, 0.3) is 0 Å². The average molecular weight is 269 g/mol. The molecule has 20 heavy (non-hydrogen) atoms. The molecule has 1 aliphatic carbocycles. The quantitative estimate of drug-likeness (QED) is 0.839. The molecule has 0 amide bonds. The standard InChI is InChI=1S/C18H20FN/c1-13(15-6-4-7-17(19)11-15)20-12-16-5-2-3-8-18(16)14-9-10-14/h2-8,11,13-14,20H,9-10,12H2,1H3/t13-/m1/s1. The number of hydrogen-bond donors (Lipinski definition) is 1. The fraction of sp³-hybridized carbons (Fsp3) is 0.333. The van der Waals surface area contributed by atoms with E-state index in [1.54, 1.807) is 12.1 Å². The van der Waals surface area contributed by atoms with E-state index >= 15 is 0 Å². The van der Waals surface area contributed by atoms with Gasteiger partial charge in [-0.15, -0.1) is 0 Å². The van der Waals surface area contributed by atoms with Gasteiger partial charge in [0, 0.05) is 12.6 Å². The Kier molecular flexibility index (Phi) is 3.83.